The van der Waals surface area contributed by atoms with E-state index in [1.54, 1.807) is 23.1 Å². The lowest BCUT2D eigenvalue weighted by molar-refractivity contribution is 0.149. The molecule has 1 aliphatic heterocycles. The smallest absolute Gasteiger partial charge is 0.322 e. The number of halogens is 1. The highest BCUT2D eigenvalue weighted by Crippen LogP contribution is 2.13. The predicted molar refractivity (Wildman–Crippen MR) is 72.5 cm³/mol. The Morgan fingerprint density at radius 1 is 1.26 bits per heavy atom. The summed E-state index contributed by atoms with van der Waals surface area (Å²) >= 11 is 0. The van der Waals surface area contributed by atoms with Crippen molar-refractivity contribution < 1.29 is 9.18 Å². The first-order chi connectivity index (χ1) is 9.20. The number of anilines is 1. The number of rotatable bonds is 3. The molecular formula is C13H19FN4O. The average Bonchev–Trinajstić information content (AvgIpc) is 2.42. The Bertz CT molecular complexity index is 432. The molecule has 2 amide bonds. The molecule has 19 heavy (non-hydrogen) atoms. The van der Waals surface area contributed by atoms with Crippen molar-refractivity contribution in [3.05, 3.63) is 30.1 Å². The summed E-state index contributed by atoms with van der Waals surface area (Å²) in [5.74, 6) is -0.419. The summed E-state index contributed by atoms with van der Waals surface area (Å²) in [6.45, 7) is 4.37. The number of nitrogens with zero attached hydrogens (tertiary/aromatic N) is 2. The zero-order chi connectivity index (χ0) is 13.7. The monoisotopic (exact) mass is 266 g/mol. The summed E-state index contributed by atoms with van der Waals surface area (Å²) in [7, 11) is 0. The van der Waals surface area contributed by atoms with Crippen LogP contribution in [-0.4, -0.2) is 55.1 Å². The number of amides is 2. The van der Waals surface area contributed by atoms with Crippen LogP contribution in [0.4, 0.5) is 14.9 Å². The van der Waals surface area contributed by atoms with Gasteiger partial charge in [-0.3, -0.25) is 4.90 Å². The van der Waals surface area contributed by atoms with Crippen molar-refractivity contribution in [1.82, 2.24) is 9.80 Å². The quantitative estimate of drug-likeness (QED) is 0.855. The normalized spacial score (nSPS) is 16.4. The molecule has 0 bridgehead atoms. The van der Waals surface area contributed by atoms with Crippen LogP contribution in [0, 0.1) is 5.82 Å². The minimum atomic E-state index is -0.419. The van der Waals surface area contributed by atoms with E-state index in [1.807, 2.05) is 0 Å². The lowest BCUT2D eigenvalue weighted by Crippen LogP contribution is -2.50. The van der Waals surface area contributed by atoms with Gasteiger partial charge in [-0.25, -0.2) is 9.18 Å². The SMILES string of the molecule is NCCN1CCN(C(=O)Nc2ccccc2F)CC1. The van der Waals surface area contributed by atoms with Crippen LogP contribution in [0.5, 0.6) is 0 Å². The summed E-state index contributed by atoms with van der Waals surface area (Å²) in [6.07, 6.45) is 0. The number of piperazine rings is 1. The molecule has 6 heteroatoms. The van der Waals surface area contributed by atoms with Crippen LogP contribution >= 0.6 is 0 Å². The van der Waals surface area contributed by atoms with Crippen LogP contribution in [0.2, 0.25) is 0 Å². The second kappa shape index (κ2) is 6.49. The van der Waals surface area contributed by atoms with Crippen LogP contribution in [0.1, 0.15) is 0 Å². The van der Waals surface area contributed by atoms with Crippen LogP contribution < -0.4 is 11.1 Å². The molecule has 2 rings (SSSR count). The first kappa shape index (κ1) is 13.8. The average molecular weight is 266 g/mol. The maximum Gasteiger partial charge on any atom is 0.322 e. The molecule has 0 aliphatic carbocycles. The van der Waals surface area contributed by atoms with Gasteiger partial charge in [0.2, 0.25) is 0 Å². The highest BCUT2D eigenvalue weighted by molar-refractivity contribution is 5.89. The van der Waals surface area contributed by atoms with E-state index in [2.05, 4.69) is 10.2 Å². The maximum absolute atomic E-state index is 13.4. The summed E-state index contributed by atoms with van der Waals surface area (Å²) in [6, 6.07) is 5.92. The van der Waals surface area contributed by atoms with E-state index in [-0.39, 0.29) is 11.7 Å². The molecule has 5 nitrogen and oxygen atoms in total. The van der Waals surface area contributed by atoms with Crippen molar-refractivity contribution >= 4 is 11.7 Å². The minimum Gasteiger partial charge on any atom is -0.329 e. The summed E-state index contributed by atoms with van der Waals surface area (Å²) in [5, 5.41) is 2.60. The second-order valence-electron chi connectivity index (χ2n) is 4.53. The first-order valence-corrected chi connectivity index (χ1v) is 6.43. The van der Waals surface area contributed by atoms with Crippen molar-refractivity contribution in [3.63, 3.8) is 0 Å². The van der Waals surface area contributed by atoms with Crippen molar-refractivity contribution in [2.75, 3.05) is 44.6 Å². The molecule has 1 aromatic rings. The molecule has 0 saturated carbocycles. The van der Waals surface area contributed by atoms with E-state index in [9.17, 15) is 9.18 Å². The number of hydrogen-bond acceptors (Lipinski definition) is 3. The minimum absolute atomic E-state index is 0.219. The molecule has 0 unspecified atom stereocenters. The molecule has 1 saturated heterocycles. The Morgan fingerprint density at radius 3 is 2.58 bits per heavy atom. The third-order valence-electron chi connectivity index (χ3n) is 3.22. The fraction of sp³-hybridized carbons (Fsp3) is 0.462. The van der Waals surface area contributed by atoms with Gasteiger partial charge in [-0.2, -0.15) is 0 Å². The molecule has 1 heterocycles. The standard InChI is InChI=1S/C13H19FN4O/c14-11-3-1-2-4-12(11)16-13(19)18-9-7-17(6-5-15)8-10-18/h1-4H,5-10,15H2,(H,16,19). The second-order valence-corrected chi connectivity index (χ2v) is 4.53. The Morgan fingerprint density at radius 2 is 1.95 bits per heavy atom. The van der Waals surface area contributed by atoms with Gasteiger partial charge in [0, 0.05) is 39.3 Å². The van der Waals surface area contributed by atoms with Crippen molar-refractivity contribution in [2.45, 2.75) is 0 Å². The van der Waals surface area contributed by atoms with Gasteiger partial charge in [0.1, 0.15) is 5.82 Å². The number of carbonyl (C=O) groups excluding carboxylic acids is 1. The molecule has 104 valence electrons. The van der Waals surface area contributed by atoms with Gasteiger partial charge >= 0.3 is 6.03 Å². The molecule has 3 N–H and O–H groups in total. The summed E-state index contributed by atoms with van der Waals surface area (Å²) in [4.78, 5) is 15.9. The third-order valence-corrected chi connectivity index (χ3v) is 3.22. The van der Waals surface area contributed by atoms with E-state index in [0.29, 0.717) is 19.6 Å². The molecule has 0 aromatic heterocycles. The van der Waals surface area contributed by atoms with E-state index >= 15 is 0 Å². The lowest BCUT2D eigenvalue weighted by atomic mass is 10.3. The van der Waals surface area contributed by atoms with E-state index in [4.69, 9.17) is 5.73 Å². The number of benzene rings is 1. The number of urea groups is 1. The molecule has 0 spiro atoms. The van der Waals surface area contributed by atoms with E-state index in [1.165, 1.54) is 6.07 Å². The highest BCUT2D eigenvalue weighted by atomic mass is 19.1. The zero-order valence-electron chi connectivity index (χ0n) is 10.8. The van der Waals surface area contributed by atoms with E-state index < -0.39 is 5.82 Å². The van der Waals surface area contributed by atoms with Crippen LogP contribution in [0.25, 0.3) is 0 Å². The molecular weight excluding hydrogens is 247 g/mol. The van der Waals surface area contributed by atoms with Crippen LogP contribution in [0.3, 0.4) is 0 Å². The molecule has 1 aliphatic rings. The van der Waals surface area contributed by atoms with Crippen molar-refractivity contribution in [3.8, 4) is 0 Å². The van der Waals surface area contributed by atoms with Gasteiger partial charge < -0.3 is 16.0 Å². The molecule has 0 atom stereocenters. The summed E-state index contributed by atoms with van der Waals surface area (Å²) < 4.78 is 13.4. The number of para-hydroxylation sites is 1. The topological polar surface area (TPSA) is 61.6 Å². The largest absolute Gasteiger partial charge is 0.329 e. The zero-order valence-corrected chi connectivity index (χ0v) is 10.8. The van der Waals surface area contributed by atoms with Crippen molar-refractivity contribution in [2.24, 2.45) is 5.73 Å². The Labute approximate surface area is 112 Å². The Balaban J connectivity index is 1.87. The van der Waals surface area contributed by atoms with Crippen LogP contribution in [-0.2, 0) is 0 Å². The molecule has 1 aromatic carbocycles. The maximum atomic E-state index is 13.4. The van der Waals surface area contributed by atoms with Gasteiger partial charge in [0.05, 0.1) is 5.69 Å². The fourth-order valence-corrected chi connectivity index (χ4v) is 2.11. The Kier molecular flexibility index (Phi) is 4.70. The number of nitrogens with one attached hydrogen (secondary N) is 1. The number of nitrogens with two attached hydrogens (primary N) is 1. The number of hydrogen-bond donors (Lipinski definition) is 2. The predicted octanol–water partition coefficient (Wildman–Crippen LogP) is 0.934. The first-order valence-electron chi connectivity index (χ1n) is 6.43. The van der Waals surface area contributed by atoms with Gasteiger partial charge in [0.25, 0.3) is 0 Å². The van der Waals surface area contributed by atoms with Gasteiger partial charge in [0.15, 0.2) is 0 Å². The molecule has 1 fully saturated rings. The molecule has 0 radical (unpaired) electrons. The van der Waals surface area contributed by atoms with Gasteiger partial charge in [-0.15, -0.1) is 0 Å². The van der Waals surface area contributed by atoms with Crippen molar-refractivity contribution in [1.29, 1.82) is 0 Å². The third kappa shape index (κ3) is 3.65. The fourth-order valence-electron chi connectivity index (χ4n) is 2.11. The van der Waals surface area contributed by atoms with Gasteiger partial charge in [-0.05, 0) is 12.1 Å². The lowest BCUT2D eigenvalue weighted by Gasteiger charge is -2.34. The summed E-state index contributed by atoms with van der Waals surface area (Å²) in [5.41, 5.74) is 5.72. The van der Waals surface area contributed by atoms with E-state index in [0.717, 1.165) is 19.6 Å². The van der Waals surface area contributed by atoms with Gasteiger partial charge in [-0.1, -0.05) is 12.1 Å². The van der Waals surface area contributed by atoms with Crippen LogP contribution in [0.15, 0.2) is 24.3 Å². The number of carbonyl (C=O) groups is 1. The Hall–Kier alpha value is -1.66. The highest BCUT2D eigenvalue weighted by Gasteiger charge is 2.21.